The van der Waals surface area contributed by atoms with E-state index in [4.69, 9.17) is 4.74 Å². The number of aromatic nitrogens is 2. The van der Waals surface area contributed by atoms with Crippen LogP contribution in [0.5, 0.6) is 0 Å². The molecule has 1 atom stereocenters. The van der Waals surface area contributed by atoms with E-state index in [1.54, 1.807) is 11.1 Å². The number of amides is 1. The first kappa shape index (κ1) is 17.6. The van der Waals surface area contributed by atoms with E-state index in [1.165, 1.54) is 5.56 Å². The Hall–Kier alpha value is -2.18. The maximum atomic E-state index is 12.5. The number of nitrogens with zero attached hydrogens (tertiary/aromatic N) is 4. The lowest BCUT2D eigenvalue weighted by Crippen LogP contribution is -2.44. The molecule has 0 saturated carbocycles. The number of ether oxygens (including phenoxy) is 1. The molecule has 1 aromatic carbocycles. The third-order valence-electron chi connectivity index (χ3n) is 4.60. The Bertz CT molecular complexity index is 686. The van der Waals surface area contributed by atoms with Crippen LogP contribution in [-0.4, -0.2) is 58.1 Å². The second-order valence-corrected chi connectivity index (χ2v) is 6.62. The number of hydrogen-bond acceptors (Lipinski definition) is 4. The number of benzene rings is 1. The SMILES string of the molecule is CN(Cc1nccn1C)C(=O)C[C@H]1CN(Cc2ccccc2)CCO1. The van der Waals surface area contributed by atoms with Gasteiger partial charge in [-0.05, 0) is 5.56 Å². The number of aryl methyl sites for hydroxylation is 1. The molecule has 134 valence electrons. The molecule has 1 aliphatic rings. The molecule has 0 N–H and O–H groups in total. The zero-order valence-electron chi connectivity index (χ0n) is 15.0. The van der Waals surface area contributed by atoms with Crippen molar-refractivity contribution in [2.24, 2.45) is 7.05 Å². The lowest BCUT2D eigenvalue weighted by Gasteiger charge is -2.33. The van der Waals surface area contributed by atoms with Crippen molar-refractivity contribution >= 4 is 5.91 Å². The third-order valence-corrected chi connectivity index (χ3v) is 4.60. The molecule has 0 bridgehead atoms. The second-order valence-electron chi connectivity index (χ2n) is 6.62. The molecule has 2 aromatic rings. The molecule has 1 aromatic heterocycles. The molecule has 1 fully saturated rings. The van der Waals surface area contributed by atoms with Gasteiger partial charge in [0.25, 0.3) is 0 Å². The zero-order chi connectivity index (χ0) is 17.6. The summed E-state index contributed by atoms with van der Waals surface area (Å²) in [5.41, 5.74) is 1.29. The predicted octanol–water partition coefficient (Wildman–Crippen LogP) is 1.67. The van der Waals surface area contributed by atoms with Gasteiger partial charge in [-0.1, -0.05) is 30.3 Å². The van der Waals surface area contributed by atoms with Gasteiger partial charge in [0, 0.05) is 46.1 Å². The van der Waals surface area contributed by atoms with Crippen LogP contribution in [0.4, 0.5) is 0 Å². The first-order chi connectivity index (χ1) is 12.1. The molecule has 3 rings (SSSR count). The number of imidazole rings is 1. The monoisotopic (exact) mass is 342 g/mol. The number of carbonyl (C=O) groups is 1. The van der Waals surface area contributed by atoms with Crippen LogP contribution in [0, 0.1) is 0 Å². The molecule has 25 heavy (non-hydrogen) atoms. The van der Waals surface area contributed by atoms with Gasteiger partial charge in [-0.25, -0.2) is 4.98 Å². The van der Waals surface area contributed by atoms with Gasteiger partial charge in [-0.3, -0.25) is 9.69 Å². The lowest BCUT2D eigenvalue weighted by atomic mass is 10.1. The fourth-order valence-corrected chi connectivity index (χ4v) is 3.09. The fraction of sp³-hybridized carbons (Fsp3) is 0.474. The van der Waals surface area contributed by atoms with Crippen LogP contribution in [0.15, 0.2) is 42.7 Å². The summed E-state index contributed by atoms with van der Waals surface area (Å²) < 4.78 is 7.75. The Morgan fingerprint density at radius 1 is 1.36 bits per heavy atom. The van der Waals surface area contributed by atoms with Gasteiger partial charge in [-0.2, -0.15) is 0 Å². The van der Waals surface area contributed by atoms with Crippen molar-refractivity contribution in [1.82, 2.24) is 19.4 Å². The molecule has 0 spiro atoms. The van der Waals surface area contributed by atoms with Crippen molar-refractivity contribution in [3.05, 3.63) is 54.1 Å². The number of carbonyl (C=O) groups excluding carboxylic acids is 1. The van der Waals surface area contributed by atoms with Gasteiger partial charge >= 0.3 is 0 Å². The quantitative estimate of drug-likeness (QED) is 0.801. The summed E-state index contributed by atoms with van der Waals surface area (Å²) in [6.07, 6.45) is 4.00. The van der Waals surface area contributed by atoms with E-state index < -0.39 is 0 Å². The van der Waals surface area contributed by atoms with Crippen LogP contribution in [0.1, 0.15) is 17.8 Å². The zero-order valence-corrected chi connectivity index (χ0v) is 15.0. The van der Waals surface area contributed by atoms with Crippen LogP contribution in [0.2, 0.25) is 0 Å². The minimum absolute atomic E-state index is 0.0474. The van der Waals surface area contributed by atoms with Crippen LogP contribution in [-0.2, 0) is 29.7 Å². The van der Waals surface area contributed by atoms with Crippen molar-refractivity contribution in [2.45, 2.75) is 25.6 Å². The van der Waals surface area contributed by atoms with E-state index in [2.05, 4.69) is 34.1 Å². The molecule has 1 saturated heterocycles. The summed E-state index contributed by atoms with van der Waals surface area (Å²) in [5, 5.41) is 0. The summed E-state index contributed by atoms with van der Waals surface area (Å²) in [5.74, 6) is 0.973. The van der Waals surface area contributed by atoms with Gasteiger partial charge < -0.3 is 14.2 Å². The minimum atomic E-state index is -0.0474. The van der Waals surface area contributed by atoms with Crippen molar-refractivity contribution < 1.29 is 9.53 Å². The average Bonchev–Trinajstić information content (AvgIpc) is 3.01. The summed E-state index contributed by atoms with van der Waals surface area (Å²) >= 11 is 0. The highest BCUT2D eigenvalue weighted by Gasteiger charge is 2.24. The van der Waals surface area contributed by atoms with Crippen LogP contribution in [0.3, 0.4) is 0 Å². The molecule has 0 unspecified atom stereocenters. The topological polar surface area (TPSA) is 50.6 Å². The Balaban J connectivity index is 1.50. The standard InChI is InChI=1S/C19H26N4O2/c1-21-9-8-20-18(21)15-22(2)19(24)12-17-14-23(10-11-25-17)13-16-6-4-3-5-7-16/h3-9,17H,10-15H2,1-2H3/t17-/m0/s1. The molecule has 6 nitrogen and oxygen atoms in total. The molecule has 1 amide bonds. The van der Waals surface area contributed by atoms with E-state index in [0.717, 1.165) is 25.5 Å². The Morgan fingerprint density at radius 2 is 2.16 bits per heavy atom. The first-order valence-electron chi connectivity index (χ1n) is 8.70. The van der Waals surface area contributed by atoms with Crippen LogP contribution < -0.4 is 0 Å². The smallest absolute Gasteiger partial charge is 0.225 e. The van der Waals surface area contributed by atoms with E-state index >= 15 is 0 Å². The summed E-state index contributed by atoms with van der Waals surface area (Å²) in [6, 6.07) is 10.4. The summed E-state index contributed by atoms with van der Waals surface area (Å²) in [4.78, 5) is 20.9. The molecule has 2 heterocycles. The summed E-state index contributed by atoms with van der Waals surface area (Å²) in [7, 11) is 3.76. The third kappa shape index (κ3) is 4.90. The largest absolute Gasteiger partial charge is 0.375 e. The highest BCUT2D eigenvalue weighted by atomic mass is 16.5. The molecule has 0 aliphatic carbocycles. The Labute approximate surface area is 149 Å². The van der Waals surface area contributed by atoms with Gasteiger partial charge in [0.15, 0.2) is 0 Å². The van der Waals surface area contributed by atoms with E-state index in [-0.39, 0.29) is 12.0 Å². The summed E-state index contributed by atoms with van der Waals surface area (Å²) in [6.45, 7) is 3.79. The van der Waals surface area contributed by atoms with Crippen molar-refractivity contribution in [3.63, 3.8) is 0 Å². The highest BCUT2D eigenvalue weighted by molar-refractivity contribution is 5.76. The number of morpholine rings is 1. The molecule has 1 aliphatic heterocycles. The molecular formula is C19H26N4O2. The van der Waals surface area contributed by atoms with Crippen LogP contribution in [0.25, 0.3) is 0 Å². The van der Waals surface area contributed by atoms with Crippen molar-refractivity contribution in [1.29, 1.82) is 0 Å². The lowest BCUT2D eigenvalue weighted by molar-refractivity contribution is -0.135. The average molecular weight is 342 g/mol. The normalized spacial score (nSPS) is 18.2. The van der Waals surface area contributed by atoms with E-state index in [0.29, 0.717) is 19.6 Å². The first-order valence-corrected chi connectivity index (χ1v) is 8.70. The van der Waals surface area contributed by atoms with Gasteiger partial charge in [-0.15, -0.1) is 0 Å². The second kappa shape index (κ2) is 8.27. The van der Waals surface area contributed by atoms with Crippen LogP contribution >= 0.6 is 0 Å². The highest BCUT2D eigenvalue weighted by Crippen LogP contribution is 2.14. The maximum Gasteiger partial charge on any atom is 0.225 e. The number of hydrogen-bond donors (Lipinski definition) is 0. The Morgan fingerprint density at radius 3 is 2.88 bits per heavy atom. The van der Waals surface area contributed by atoms with E-state index in [1.807, 2.05) is 30.9 Å². The van der Waals surface area contributed by atoms with Crippen molar-refractivity contribution in [3.8, 4) is 0 Å². The van der Waals surface area contributed by atoms with Gasteiger partial charge in [0.05, 0.1) is 25.7 Å². The van der Waals surface area contributed by atoms with Crippen molar-refractivity contribution in [2.75, 3.05) is 26.7 Å². The minimum Gasteiger partial charge on any atom is -0.375 e. The molecule has 0 radical (unpaired) electrons. The Kier molecular flexibility index (Phi) is 5.83. The van der Waals surface area contributed by atoms with Gasteiger partial charge in [0.2, 0.25) is 5.91 Å². The number of rotatable bonds is 6. The fourth-order valence-electron chi connectivity index (χ4n) is 3.09. The maximum absolute atomic E-state index is 12.5. The molecular weight excluding hydrogens is 316 g/mol. The van der Waals surface area contributed by atoms with E-state index in [9.17, 15) is 4.79 Å². The predicted molar refractivity (Wildman–Crippen MR) is 95.8 cm³/mol. The molecule has 6 heteroatoms. The van der Waals surface area contributed by atoms with Gasteiger partial charge in [0.1, 0.15) is 5.82 Å².